The second kappa shape index (κ2) is 12.3. The minimum Gasteiger partial charge on any atom is -0.497 e. The number of fused-ring (bicyclic) bond motifs is 1. The number of methoxy groups -OCH3 is 1. The van der Waals surface area contributed by atoms with Gasteiger partial charge in [-0.25, -0.2) is 4.79 Å². The number of nitrogens with two attached hydrogens (primary N) is 1. The average molecular weight is 602 g/mol. The molecule has 0 radical (unpaired) electrons. The molecule has 44 heavy (non-hydrogen) atoms. The van der Waals surface area contributed by atoms with E-state index in [1.165, 1.54) is 12.0 Å². The van der Waals surface area contributed by atoms with Crippen molar-refractivity contribution in [3.8, 4) is 17.6 Å². The van der Waals surface area contributed by atoms with Crippen LogP contribution in [0.25, 0.3) is 0 Å². The molecule has 4 amide bonds. The number of benzene rings is 2. The Morgan fingerprint density at radius 1 is 1.16 bits per heavy atom. The first-order chi connectivity index (χ1) is 20.9. The number of hydrogen-bond acceptors (Lipinski definition) is 8. The number of esters is 1. The Bertz CT molecular complexity index is 1520. The van der Waals surface area contributed by atoms with Gasteiger partial charge >= 0.3 is 12.0 Å². The predicted molar refractivity (Wildman–Crippen MR) is 162 cm³/mol. The van der Waals surface area contributed by atoms with Crippen LogP contribution in [-0.2, 0) is 20.9 Å². The van der Waals surface area contributed by atoms with E-state index in [1.54, 1.807) is 12.1 Å². The summed E-state index contributed by atoms with van der Waals surface area (Å²) >= 11 is 0. The van der Waals surface area contributed by atoms with Gasteiger partial charge in [0.15, 0.2) is 0 Å². The summed E-state index contributed by atoms with van der Waals surface area (Å²) in [5, 5.41) is 4.91. The molecule has 3 aliphatic rings. The number of hydrogen-bond donors (Lipinski definition) is 3. The van der Waals surface area contributed by atoms with E-state index >= 15 is 0 Å². The number of imide groups is 1. The van der Waals surface area contributed by atoms with Gasteiger partial charge in [0.05, 0.1) is 13.7 Å². The molecule has 232 valence electrons. The maximum atomic E-state index is 13.2. The second-order valence-corrected chi connectivity index (χ2v) is 12.6. The van der Waals surface area contributed by atoms with Gasteiger partial charge < -0.3 is 25.4 Å². The van der Waals surface area contributed by atoms with E-state index in [0.29, 0.717) is 29.8 Å². The van der Waals surface area contributed by atoms with E-state index < -0.39 is 23.1 Å². The van der Waals surface area contributed by atoms with Gasteiger partial charge in [0.25, 0.3) is 11.8 Å². The summed E-state index contributed by atoms with van der Waals surface area (Å²) in [6.07, 6.45) is 1.28. The van der Waals surface area contributed by atoms with Crippen LogP contribution in [0.5, 0.6) is 5.75 Å². The summed E-state index contributed by atoms with van der Waals surface area (Å²) < 4.78 is 10.7. The third-order valence-corrected chi connectivity index (χ3v) is 8.14. The lowest BCUT2D eigenvalue weighted by Crippen LogP contribution is -2.54. The number of carbonyl (C=O) groups excluding carboxylic acids is 4. The smallest absolute Gasteiger partial charge is 0.323 e. The Morgan fingerprint density at radius 3 is 2.55 bits per heavy atom. The Labute approximate surface area is 257 Å². The van der Waals surface area contributed by atoms with Crippen molar-refractivity contribution in [1.82, 2.24) is 20.4 Å². The zero-order valence-electron chi connectivity index (χ0n) is 25.6. The standard InChI is InChI=1S/C33H39N5O6/c1-32(2,3)44-28(39)15-22-12-14-37(18-22)27(17-34)23-7-5-21(6-8-23)11-13-33(30(41)35-31(42)36-33)20-38-19-24-9-10-25(43-4)16-26(24)29(38)40/h5-10,16,22,27H,12,14-15,17-20,34H2,1-4H3,(H2,35,36,41,42)/t22?,27?,33-/m1/s1. The summed E-state index contributed by atoms with van der Waals surface area (Å²) in [7, 11) is 1.53. The van der Waals surface area contributed by atoms with Crippen LogP contribution < -0.4 is 21.1 Å². The topological polar surface area (TPSA) is 143 Å². The largest absolute Gasteiger partial charge is 0.497 e. The van der Waals surface area contributed by atoms with Gasteiger partial charge in [-0.3, -0.25) is 24.6 Å². The normalized spacial score (nSPS) is 22.2. The molecule has 0 bridgehead atoms. The van der Waals surface area contributed by atoms with E-state index in [-0.39, 0.29) is 36.9 Å². The Balaban J connectivity index is 1.27. The third-order valence-electron chi connectivity index (χ3n) is 8.14. The molecular formula is C33H39N5O6. The molecule has 0 aromatic heterocycles. The van der Waals surface area contributed by atoms with Gasteiger partial charge in [-0.05, 0) is 75.0 Å². The fourth-order valence-electron chi connectivity index (χ4n) is 6.01. The molecule has 3 atom stereocenters. The molecule has 0 aliphatic carbocycles. The maximum Gasteiger partial charge on any atom is 0.323 e. The number of ether oxygens (including phenoxy) is 2. The zero-order chi connectivity index (χ0) is 31.6. The van der Waals surface area contributed by atoms with Gasteiger partial charge in [0, 0.05) is 43.2 Å². The summed E-state index contributed by atoms with van der Waals surface area (Å²) in [5.41, 5.74) is 7.06. The number of amides is 4. The molecule has 5 rings (SSSR count). The average Bonchev–Trinajstić information content (AvgIpc) is 3.63. The first-order valence-electron chi connectivity index (χ1n) is 14.8. The van der Waals surface area contributed by atoms with Gasteiger partial charge in [0.1, 0.15) is 11.4 Å². The molecule has 2 fully saturated rings. The van der Waals surface area contributed by atoms with Crippen LogP contribution in [0.3, 0.4) is 0 Å². The zero-order valence-corrected chi connectivity index (χ0v) is 25.6. The van der Waals surface area contributed by atoms with Crippen molar-refractivity contribution in [2.24, 2.45) is 11.7 Å². The van der Waals surface area contributed by atoms with Crippen molar-refractivity contribution in [1.29, 1.82) is 0 Å². The number of carbonyl (C=O) groups is 4. The van der Waals surface area contributed by atoms with E-state index in [0.717, 1.165) is 30.6 Å². The van der Waals surface area contributed by atoms with Crippen molar-refractivity contribution in [3.05, 3.63) is 64.7 Å². The molecule has 3 aliphatic heterocycles. The minimum absolute atomic E-state index is 0.0201. The molecule has 2 aromatic carbocycles. The highest BCUT2D eigenvalue weighted by atomic mass is 16.6. The van der Waals surface area contributed by atoms with Gasteiger partial charge in [-0.1, -0.05) is 30.0 Å². The van der Waals surface area contributed by atoms with Crippen molar-refractivity contribution in [2.75, 3.05) is 33.3 Å². The van der Waals surface area contributed by atoms with E-state index in [9.17, 15) is 19.2 Å². The van der Waals surface area contributed by atoms with Crippen molar-refractivity contribution in [3.63, 3.8) is 0 Å². The highest BCUT2D eigenvalue weighted by Gasteiger charge is 2.48. The first kappa shape index (κ1) is 31.0. The SMILES string of the molecule is COc1ccc2c(c1)C(=O)N(C[C@@]1(C#Cc3ccc(C(CN)N4CCC(CC(=O)OC(C)(C)C)C4)cc3)NC(=O)NC1=O)C2. The lowest BCUT2D eigenvalue weighted by atomic mass is 9.98. The van der Waals surface area contributed by atoms with Crippen LogP contribution in [0, 0.1) is 17.8 Å². The fraction of sp³-hybridized carbons (Fsp3) is 0.455. The molecule has 2 saturated heterocycles. The predicted octanol–water partition coefficient (Wildman–Crippen LogP) is 2.33. The molecule has 2 aromatic rings. The molecular weight excluding hydrogens is 562 g/mol. The Hall–Kier alpha value is -4.40. The molecule has 0 saturated carbocycles. The highest BCUT2D eigenvalue weighted by molar-refractivity contribution is 6.10. The highest BCUT2D eigenvalue weighted by Crippen LogP contribution is 2.30. The van der Waals surface area contributed by atoms with Crippen LogP contribution in [-0.4, -0.2) is 78.0 Å². The van der Waals surface area contributed by atoms with Crippen LogP contribution in [0.2, 0.25) is 0 Å². The number of nitrogens with zero attached hydrogens (tertiary/aromatic N) is 2. The minimum atomic E-state index is -1.60. The monoisotopic (exact) mass is 601 g/mol. The summed E-state index contributed by atoms with van der Waals surface area (Å²) in [5.74, 6) is 5.71. The van der Waals surface area contributed by atoms with Crippen LogP contribution >= 0.6 is 0 Å². The van der Waals surface area contributed by atoms with E-state index in [1.807, 2.05) is 51.1 Å². The number of nitrogens with one attached hydrogen (secondary N) is 2. The Morgan fingerprint density at radius 2 is 1.91 bits per heavy atom. The molecule has 0 spiro atoms. The Kier molecular flexibility index (Phi) is 8.68. The molecule has 3 heterocycles. The summed E-state index contributed by atoms with van der Waals surface area (Å²) in [4.78, 5) is 54.5. The quantitative estimate of drug-likeness (QED) is 0.238. The molecule has 2 unspecified atom stereocenters. The van der Waals surface area contributed by atoms with Gasteiger partial charge in [-0.15, -0.1) is 0 Å². The van der Waals surface area contributed by atoms with E-state index in [4.69, 9.17) is 15.2 Å². The van der Waals surface area contributed by atoms with E-state index in [2.05, 4.69) is 27.4 Å². The first-order valence-corrected chi connectivity index (χ1v) is 14.8. The van der Waals surface area contributed by atoms with Crippen molar-refractivity contribution in [2.45, 2.75) is 57.3 Å². The van der Waals surface area contributed by atoms with Crippen LogP contribution in [0.1, 0.15) is 66.7 Å². The molecule has 11 nitrogen and oxygen atoms in total. The number of likely N-dealkylation sites (tertiary alicyclic amines) is 1. The van der Waals surface area contributed by atoms with Crippen LogP contribution in [0.15, 0.2) is 42.5 Å². The maximum absolute atomic E-state index is 13.2. The van der Waals surface area contributed by atoms with Crippen molar-refractivity contribution >= 4 is 23.8 Å². The molecule has 11 heteroatoms. The number of rotatable bonds is 8. The molecule has 4 N–H and O–H groups in total. The van der Waals surface area contributed by atoms with Gasteiger partial charge in [-0.2, -0.15) is 0 Å². The second-order valence-electron chi connectivity index (χ2n) is 12.6. The lowest BCUT2D eigenvalue weighted by Gasteiger charge is -2.27. The summed E-state index contributed by atoms with van der Waals surface area (Å²) in [6, 6.07) is 12.2. The summed E-state index contributed by atoms with van der Waals surface area (Å²) in [6.45, 7) is 7.79. The fourth-order valence-corrected chi connectivity index (χ4v) is 6.01. The van der Waals surface area contributed by atoms with Crippen molar-refractivity contribution < 1.29 is 28.7 Å². The number of urea groups is 1. The van der Waals surface area contributed by atoms with Gasteiger partial charge in [0.2, 0.25) is 5.54 Å². The van der Waals surface area contributed by atoms with Crippen LogP contribution in [0.4, 0.5) is 4.79 Å². The lowest BCUT2D eigenvalue weighted by molar-refractivity contribution is -0.155. The third kappa shape index (κ3) is 6.72.